The molecule has 5 heterocycles. The van der Waals surface area contributed by atoms with Gasteiger partial charge in [0.05, 0.1) is 35.3 Å². The van der Waals surface area contributed by atoms with Crippen LogP contribution in [0.25, 0.3) is 10.8 Å². The molecule has 2 aromatic carbocycles. The molecule has 15 nitrogen and oxygen atoms in total. The van der Waals surface area contributed by atoms with Crippen LogP contribution < -0.4 is 15.6 Å². The summed E-state index contributed by atoms with van der Waals surface area (Å²) in [5.41, 5.74) is 6.70. The van der Waals surface area contributed by atoms with Gasteiger partial charge in [-0.2, -0.15) is 0 Å². The number of allylic oxidation sites excluding steroid dienone is 1. The molecule has 21 unspecified atom stereocenters. The minimum atomic E-state index is -2.08. The lowest BCUT2D eigenvalue weighted by Gasteiger charge is -2.72. The number of carbonyl (C=O) groups excluding carboxylic acids is 1. The van der Waals surface area contributed by atoms with Crippen molar-refractivity contribution in [1.82, 2.24) is 10.9 Å². The molecule has 89 heavy (non-hydrogen) atoms. The molecule has 15 heteroatoms. The van der Waals surface area contributed by atoms with Crippen molar-refractivity contribution >= 4 is 22.5 Å². The van der Waals surface area contributed by atoms with Crippen molar-refractivity contribution in [2.45, 2.75) is 247 Å². The number of hydrogen-bond donors (Lipinski definition) is 9. The topological polar surface area (TPSA) is 237 Å². The summed E-state index contributed by atoms with van der Waals surface area (Å²) in [5, 5.41) is 86.2. The van der Waals surface area contributed by atoms with Gasteiger partial charge in [-0.3, -0.25) is 15.6 Å². The highest BCUT2D eigenvalue weighted by Gasteiger charge is 2.81. The second-order valence-electron chi connectivity index (χ2n) is 33.7. The molecule has 3 saturated heterocycles. The van der Waals surface area contributed by atoms with E-state index in [1.807, 2.05) is 0 Å². The Balaban J connectivity index is 0.832. The van der Waals surface area contributed by atoms with Crippen LogP contribution in [0.4, 0.5) is 0 Å². The molecule has 11 aliphatic carbocycles. The molecular formula is C74H94N2O13. The first-order chi connectivity index (χ1) is 42.8. The molecular weight excluding hydrogens is 1120 g/mol. The fourth-order valence-electron chi connectivity index (χ4n) is 28.0. The van der Waals surface area contributed by atoms with Gasteiger partial charge >= 0.3 is 5.97 Å². The molecule has 5 aliphatic heterocycles. The van der Waals surface area contributed by atoms with E-state index in [-0.39, 0.29) is 91.7 Å². The number of fused-ring (bicyclic) bond motifs is 2. The van der Waals surface area contributed by atoms with Gasteiger partial charge in [-0.15, -0.1) is 0 Å². The normalized spacial score (nSPS) is 49.9. The highest BCUT2D eigenvalue weighted by molar-refractivity contribution is 6.11. The number of Topliss-reactive ketones (excluding diaryl/α,β-unsaturated/α-hetero) is 1. The van der Waals surface area contributed by atoms with Crippen molar-refractivity contribution in [3.8, 4) is 29.1 Å². The Hall–Kier alpha value is -4.08. The number of rotatable bonds is 7. The standard InChI is InChI=1S/C74H94N2O13/c1-41-54(42(2)79)58(81)55-48(57(41)80)28-43(62(84)85)29-52(55)87-63-59(82)61(83)74-31-51-56-49(13-14-50(56)71(89-74)19-7-16-64(35-71)22-23-65(34-64)17-4-11-46(65)12-6-20-72(74,39-78)88-63)69(26-27-77)40-86-33-44-30-67-36-68(32-53(67)75-76-73(51,38-67)60(44)69)21-15-47-9-3-8-45-10-5-18-66(45)24-25-70(47,68)37-66/h13,28-29,44-47,51,53,59-61,63,75-78,80-83H,3-5,7-12,14-19,21-27,30-40H2,1-2H3,(H,84,85). The smallest absolute Gasteiger partial charge is 0.335 e. The van der Waals surface area contributed by atoms with Gasteiger partial charge in [-0.25, -0.2) is 4.79 Å². The van der Waals surface area contributed by atoms with E-state index < -0.39 is 76.1 Å². The fraction of sp³-hybridized carbons (Fsp3) is 0.757. The Morgan fingerprint density at radius 3 is 2.42 bits per heavy atom. The number of aromatic hydroxyl groups is 2. The van der Waals surface area contributed by atoms with E-state index in [2.05, 4.69) is 28.8 Å². The minimum Gasteiger partial charge on any atom is -0.507 e. The van der Waals surface area contributed by atoms with Crippen molar-refractivity contribution in [1.29, 1.82) is 0 Å². The number of ketones is 1. The van der Waals surface area contributed by atoms with Crippen LogP contribution in [0.5, 0.6) is 17.2 Å². The van der Waals surface area contributed by atoms with Gasteiger partial charge in [0, 0.05) is 53.5 Å². The van der Waals surface area contributed by atoms with E-state index >= 15 is 0 Å². The molecule has 9 N–H and O–H groups in total. The maximum atomic E-state index is 14.2. The lowest BCUT2D eigenvalue weighted by Crippen LogP contribution is -2.82. The number of hydrogen-bond acceptors (Lipinski definition) is 14. The summed E-state index contributed by atoms with van der Waals surface area (Å²) in [6.45, 7) is 3.09. The third kappa shape index (κ3) is 7.09. The molecule has 478 valence electrons. The van der Waals surface area contributed by atoms with Crippen LogP contribution >= 0.6 is 0 Å². The average molecular weight is 1220 g/mol. The third-order valence-electron chi connectivity index (χ3n) is 30.8. The highest BCUT2D eigenvalue weighted by atomic mass is 16.7. The number of carboxylic acids is 1. The second-order valence-corrected chi connectivity index (χ2v) is 33.7. The maximum Gasteiger partial charge on any atom is 0.335 e. The van der Waals surface area contributed by atoms with Crippen LogP contribution in [0.15, 0.2) is 34.9 Å². The first kappa shape index (κ1) is 57.6. The molecule has 21 atom stereocenters. The number of ether oxygens (including phenoxy) is 4. The zero-order valence-corrected chi connectivity index (χ0v) is 52.4. The van der Waals surface area contributed by atoms with Crippen LogP contribution in [0.2, 0.25) is 0 Å². The van der Waals surface area contributed by atoms with E-state index in [9.17, 15) is 45.3 Å². The molecule has 13 fully saturated rings. The van der Waals surface area contributed by atoms with Gasteiger partial charge < -0.3 is 54.7 Å². The number of nitrogens with one attached hydrogen (secondary N) is 2. The van der Waals surface area contributed by atoms with Crippen LogP contribution in [0.1, 0.15) is 219 Å². The van der Waals surface area contributed by atoms with E-state index in [1.54, 1.807) is 0 Å². The van der Waals surface area contributed by atoms with Crippen molar-refractivity contribution in [2.24, 2.45) is 73.4 Å². The number of carboxylic acid groups (broad SMARTS) is 1. The molecule has 0 aromatic heterocycles. The van der Waals surface area contributed by atoms with Gasteiger partial charge in [0.2, 0.25) is 6.29 Å². The van der Waals surface area contributed by atoms with Gasteiger partial charge in [-0.1, -0.05) is 37.2 Å². The lowest BCUT2D eigenvalue weighted by molar-refractivity contribution is -0.370. The monoisotopic (exact) mass is 1220 g/mol. The zero-order valence-electron chi connectivity index (χ0n) is 52.4. The van der Waals surface area contributed by atoms with Crippen molar-refractivity contribution < 1.29 is 64.3 Å². The van der Waals surface area contributed by atoms with Crippen molar-refractivity contribution in [3.05, 3.63) is 51.6 Å². The maximum absolute atomic E-state index is 14.2. The number of hydrazine groups is 1. The van der Waals surface area contributed by atoms with Crippen LogP contribution in [0, 0.1) is 92.2 Å². The quantitative estimate of drug-likeness (QED) is 0.0712. The predicted octanol–water partition coefficient (Wildman–Crippen LogP) is 10.7. The SMILES string of the molecule is CC(=O)c1c(C)c(O)c2cc(C(=O)O)cc(OC3OC4(CO)C#CCC5CCCC56CCC5(CCCC7(C5)OC4(CC4C5=C7CC=C5C5(CCO)COCC7CC89CC4(NNC8CC4(CCC8CCCC%10CCCC%10%11CCC84C%11)C9)C75)C(O)C3O)C6)c2c1O. The van der Waals surface area contributed by atoms with E-state index in [0.29, 0.717) is 62.1 Å². The average Bonchev–Trinajstić information content (AvgIpc) is 1.59. The summed E-state index contributed by atoms with van der Waals surface area (Å²) in [6, 6.07) is 2.60. The zero-order chi connectivity index (χ0) is 60.9. The van der Waals surface area contributed by atoms with E-state index in [4.69, 9.17) is 18.9 Å². The van der Waals surface area contributed by atoms with E-state index in [0.717, 1.165) is 82.1 Å². The number of aliphatic hydroxyl groups excluding tert-OH is 4. The Morgan fingerprint density at radius 1 is 0.809 bits per heavy atom. The Bertz CT molecular complexity index is 3570. The molecule has 18 rings (SSSR count). The number of aliphatic hydroxyl groups is 4. The number of carbonyl (C=O) groups is 2. The van der Waals surface area contributed by atoms with Gasteiger partial charge in [0.25, 0.3) is 0 Å². The number of benzene rings is 2. The van der Waals surface area contributed by atoms with Crippen LogP contribution in [-0.2, 0) is 14.2 Å². The Labute approximate surface area is 522 Å². The molecule has 9 spiro atoms. The molecule has 16 aliphatic rings. The largest absolute Gasteiger partial charge is 0.507 e. The minimum absolute atomic E-state index is 0.00322. The summed E-state index contributed by atoms with van der Waals surface area (Å²) >= 11 is 0. The second kappa shape index (κ2) is 18.9. The molecule has 2 aromatic rings. The van der Waals surface area contributed by atoms with E-state index in [1.165, 1.54) is 120 Å². The molecule has 0 amide bonds. The lowest BCUT2D eigenvalue weighted by atomic mass is 9.38. The third-order valence-corrected chi connectivity index (χ3v) is 30.8. The summed E-state index contributed by atoms with van der Waals surface area (Å²) in [4.78, 5) is 26.2. The summed E-state index contributed by atoms with van der Waals surface area (Å²) in [6.07, 6.45) is 28.0. The van der Waals surface area contributed by atoms with Crippen molar-refractivity contribution in [3.63, 3.8) is 0 Å². The molecule has 10 saturated carbocycles. The van der Waals surface area contributed by atoms with Gasteiger partial charge in [-0.05, 0) is 265 Å². The summed E-state index contributed by atoms with van der Waals surface area (Å²) < 4.78 is 29.7. The van der Waals surface area contributed by atoms with Crippen LogP contribution in [0.3, 0.4) is 0 Å². The van der Waals surface area contributed by atoms with Gasteiger partial charge in [0.15, 0.2) is 11.4 Å². The fourth-order valence-corrected chi connectivity index (χ4v) is 28.0. The number of phenols is 2. The molecule has 8 bridgehead atoms. The summed E-state index contributed by atoms with van der Waals surface area (Å²) in [5.74, 6) is 5.78. The first-order valence-corrected chi connectivity index (χ1v) is 35.2. The Kier molecular flexibility index (Phi) is 12.2. The highest BCUT2D eigenvalue weighted by Crippen LogP contribution is 2.82. The predicted molar refractivity (Wildman–Crippen MR) is 328 cm³/mol. The van der Waals surface area contributed by atoms with Crippen molar-refractivity contribution in [2.75, 3.05) is 26.4 Å². The van der Waals surface area contributed by atoms with Crippen LogP contribution in [-0.4, -0.2) is 121 Å². The summed E-state index contributed by atoms with van der Waals surface area (Å²) in [7, 11) is 0. The van der Waals surface area contributed by atoms with Gasteiger partial charge in [0.1, 0.15) is 35.1 Å². The number of aromatic carboxylic acids is 1. The first-order valence-electron chi connectivity index (χ1n) is 35.2. The number of phenolic OH excluding ortho intramolecular Hbond substituents is 2. The Morgan fingerprint density at radius 2 is 1.61 bits per heavy atom. The molecule has 0 radical (unpaired) electrons.